The Balaban J connectivity index is 1.30. The van der Waals surface area contributed by atoms with E-state index < -0.39 is 74.3 Å². The average molecular weight is 698 g/mol. The van der Waals surface area contributed by atoms with E-state index in [4.69, 9.17) is 14.2 Å². The number of hydrogen-bond acceptors (Lipinski definition) is 10. The molecule has 49 heavy (non-hydrogen) atoms. The smallest absolute Gasteiger partial charge is 0.408 e. The van der Waals surface area contributed by atoms with Crippen molar-refractivity contribution in [1.29, 1.82) is 0 Å². The molecule has 2 aliphatic carbocycles. The zero-order valence-electron chi connectivity index (χ0n) is 27.8. The highest BCUT2D eigenvalue weighted by atomic mass is 32.2. The zero-order chi connectivity index (χ0) is 35.0. The van der Waals surface area contributed by atoms with Gasteiger partial charge < -0.3 is 29.7 Å². The van der Waals surface area contributed by atoms with Gasteiger partial charge in [0.15, 0.2) is 0 Å². The normalized spacial score (nSPS) is 28.6. The van der Waals surface area contributed by atoms with Crippen LogP contribution < -0.4 is 20.1 Å². The maximum atomic E-state index is 14.3. The standard InChI is InChI=1S/C34H43N5O9S/c1-33(2,3)48-32(43)36-26-14-17-46-16-7-6-9-22-19-34(22,31(42)38-49(44,45)24-11-12-24)37-28(40)27-18-23(20-39(27)30(26)41)47-29-25-10-5-4-8-21(25)13-15-35-29/h4-6,8-10,13,15,22-24,26-27H,7,11-12,14,16-20H2,1-3H3,(H,36,43)(H,37,40)(H,38,42)/b9-6-/t22-,23-,26+,27+,34-/m1/s1. The molecule has 2 aromatic rings. The van der Waals surface area contributed by atoms with E-state index in [0.717, 1.165) is 10.8 Å². The number of rotatable bonds is 6. The summed E-state index contributed by atoms with van der Waals surface area (Å²) in [4.78, 5) is 60.7. The fraction of sp³-hybridized carbons (Fsp3) is 0.559. The van der Waals surface area contributed by atoms with Crippen molar-refractivity contribution in [2.24, 2.45) is 5.92 Å². The lowest BCUT2D eigenvalue weighted by Gasteiger charge is -2.30. The minimum Gasteiger partial charge on any atom is -0.472 e. The molecule has 2 saturated carbocycles. The number of carbonyl (C=O) groups excluding carboxylic acids is 4. The Hall–Kier alpha value is -4.24. The number of alkyl carbamates (subject to hydrolysis) is 1. The van der Waals surface area contributed by atoms with Crippen LogP contribution in [0.25, 0.3) is 10.8 Å². The predicted molar refractivity (Wildman–Crippen MR) is 178 cm³/mol. The third kappa shape index (κ3) is 7.99. The monoisotopic (exact) mass is 697 g/mol. The third-order valence-electron chi connectivity index (χ3n) is 9.07. The van der Waals surface area contributed by atoms with Crippen molar-refractivity contribution in [3.63, 3.8) is 0 Å². The number of nitrogens with one attached hydrogen (secondary N) is 3. The molecule has 0 bridgehead atoms. The topological polar surface area (TPSA) is 182 Å². The zero-order valence-corrected chi connectivity index (χ0v) is 28.7. The number of benzene rings is 1. The van der Waals surface area contributed by atoms with E-state index in [2.05, 4.69) is 20.3 Å². The van der Waals surface area contributed by atoms with Gasteiger partial charge in [-0.15, -0.1) is 0 Å². The summed E-state index contributed by atoms with van der Waals surface area (Å²) in [6.07, 6.45) is 5.52. The minimum atomic E-state index is -3.89. The maximum absolute atomic E-state index is 14.3. The van der Waals surface area contributed by atoms with Crippen molar-refractivity contribution >= 4 is 44.6 Å². The summed E-state index contributed by atoms with van der Waals surface area (Å²) >= 11 is 0. The van der Waals surface area contributed by atoms with Crippen LogP contribution in [0.2, 0.25) is 0 Å². The van der Waals surface area contributed by atoms with Gasteiger partial charge in [-0.2, -0.15) is 0 Å². The molecule has 1 aromatic carbocycles. The summed E-state index contributed by atoms with van der Waals surface area (Å²) < 4.78 is 45.2. The Kier molecular flexibility index (Phi) is 9.59. The van der Waals surface area contributed by atoms with Crippen molar-refractivity contribution in [2.75, 3.05) is 19.8 Å². The first kappa shape index (κ1) is 34.6. The van der Waals surface area contributed by atoms with Crippen LogP contribution in [-0.2, 0) is 33.9 Å². The summed E-state index contributed by atoms with van der Waals surface area (Å²) in [7, 11) is -3.89. The number of fused-ring (bicyclic) bond motifs is 3. The molecule has 3 N–H and O–H groups in total. The van der Waals surface area contributed by atoms with E-state index in [1.54, 1.807) is 33.0 Å². The first-order valence-electron chi connectivity index (χ1n) is 16.7. The Morgan fingerprint density at radius 2 is 1.88 bits per heavy atom. The van der Waals surface area contributed by atoms with Gasteiger partial charge in [0.05, 0.1) is 18.4 Å². The fourth-order valence-electron chi connectivity index (χ4n) is 6.31. The quantitative estimate of drug-likeness (QED) is 0.379. The van der Waals surface area contributed by atoms with Crippen LogP contribution >= 0.6 is 0 Å². The number of amides is 4. The van der Waals surface area contributed by atoms with Gasteiger partial charge in [0.25, 0.3) is 5.91 Å². The van der Waals surface area contributed by atoms with Crippen LogP contribution in [0.5, 0.6) is 5.88 Å². The lowest BCUT2D eigenvalue weighted by molar-refractivity contribution is -0.141. The van der Waals surface area contributed by atoms with Crippen LogP contribution in [0.4, 0.5) is 4.79 Å². The highest BCUT2D eigenvalue weighted by Gasteiger charge is 2.62. The first-order chi connectivity index (χ1) is 23.3. The van der Waals surface area contributed by atoms with Gasteiger partial charge in [-0.3, -0.25) is 19.1 Å². The van der Waals surface area contributed by atoms with Gasteiger partial charge in [-0.1, -0.05) is 30.4 Å². The van der Waals surface area contributed by atoms with Crippen molar-refractivity contribution < 1.29 is 41.8 Å². The fourth-order valence-corrected chi connectivity index (χ4v) is 7.67. The van der Waals surface area contributed by atoms with Crippen LogP contribution in [0.15, 0.2) is 48.7 Å². The van der Waals surface area contributed by atoms with E-state index in [0.29, 0.717) is 31.7 Å². The maximum Gasteiger partial charge on any atom is 0.408 e. The summed E-state index contributed by atoms with van der Waals surface area (Å²) in [6.45, 7) is 5.54. The SMILES string of the molecule is CC(C)(C)OC(=O)N[C@H]1CCOCC/C=C\[C@@H]2C[C@@]2(C(=O)NS(=O)(=O)C2CC2)NC(=O)[C@@H]2C[C@@H](Oc3nccc4ccccc34)CN2C1=O. The van der Waals surface area contributed by atoms with E-state index >= 15 is 0 Å². The third-order valence-corrected chi connectivity index (χ3v) is 10.9. The minimum absolute atomic E-state index is 0.0201. The molecule has 3 heterocycles. The second kappa shape index (κ2) is 13.6. The molecule has 264 valence electrons. The summed E-state index contributed by atoms with van der Waals surface area (Å²) in [5, 5.41) is 6.52. The van der Waals surface area contributed by atoms with Gasteiger partial charge in [-0.25, -0.2) is 18.2 Å². The molecule has 4 amide bonds. The Morgan fingerprint density at radius 3 is 2.63 bits per heavy atom. The lowest BCUT2D eigenvalue weighted by Crippen LogP contribution is -2.58. The number of aromatic nitrogens is 1. The Labute approximate surface area is 285 Å². The summed E-state index contributed by atoms with van der Waals surface area (Å²) in [5.41, 5.74) is -2.34. The van der Waals surface area contributed by atoms with E-state index in [1.807, 2.05) is 36.4 Å². The highest BCUT2D eigenvalue weighted by Crippen LogP contribution is 2.46. The second-order valence-corrected chi connectivity index (χ2v) is 16.0. The predicted octanol–water partition coefficient (Wildman–Crippen LogP) is 2.33. The first-order valence-corrected chi connectivity index (χ1v) is 18.2. The summed E-state index contributed by atoms with van der Waals surface area (Å²) in [5.74, 6) is -2.13. The second-order valence-electron chi connectivity index (χ2n) is 14.1. The molecule has 4 aliphatic rings. The van der Waals surface area contributed by atoms with Crippen molar-refractivity contribution in [1.82, 2.24) is 25.2 Å². The lowest BCUT2D eigenvalue weighted by atomic mass is 10.1. The van der Waals surface area contributed by atoms with Gasteiger partial charge in [0, 0.05) is 36.9 Å². The van der Waals surface area contributed by atoms with Crippen LogP contribution in [-0.4, -0.2) is 96.5 Å². The molecular weight excluding hydrogens is 654 g/mol. The van der Waals surface area contributed by atoms with Crippen LogP contribution in [0.1, 0.15) is 59.3 Å². The molecular formula is C34H43N5O9S. The average Bonchev–Trinajstić information content (AvgIpc) is 3.96. The van der Waals surface area contributed by atoms with Gasteiger partial charge in [-0.05, 0) is 64.0 Å². The molecule has 6 rings (SSSR count). The molecule has 14 nitrogen and oxygen atoms in total. The van der Waals surface area contributed by atoms with E-state index in [1.165, 1.54) is 4.90 Å². The Morgan fingerprint density at radius 1 is 1.10 bits per heavy atom. The van der Waals surface area contributed by atoms with E-state index in [-0.39, 0.29) is 32.4 Å². The molecule has 15 heteroatoms. The van der Waals surface area contributed by atoms with Gasteiger partial charge in [0.2, 0.25) is 27.7 Å². The number of nitrogens with zero attached hydrogens (tertiary/aromatic N) is 2. The molecule has 1 aromatic heterocycles. The number of pyridine rings is 1. The van der Waals surface area contributed by atoms with Crippen molar-refractivity contribution in [3.05, 3.63) is 48.7 Å². The van der Waals surface area contributed by atoms with Crippen LogP contribution in [0, 0.1) is 5.92 Å². The number of sulfonamides is 1. The van der Waals surface area contributed by atoms with Gasteiger partial charge >= 0.3 is 6.09 Å². The molecule has 2 aliphatic heterocycles. The number of hydrogen-bond donors (Lipinski definition) is 3. The van der Waals surface area contributed by atoms with Crippen molar-refractivity contribution in [2.45, 2.75) is 93.9 Å². The van der Waals surface area contributed by atoms with Crippen LogP contribution in [0.3, 0.4) is 0 Å². The molecule has 3 fully saturated rings. The molecule has 0 radical (unpaired) electrons. The Bertz CT molecular complexity index is 1750. The van der Waals surface area contributed by atoms with E-state index in [9.17, 15) is 27.6 Å². The molecule has 5 atom stereocenters. The van der Waals surface area contributed by atoms with Crippen molar-refractivity contribution in [3.8, 4) is 5.88 Å². The largest absolute Gasteiger partial charge is 0.472 e. The molecule has 1 saturated heterocycles. The van der Waals surface area contributed by atoms with Gasteiger partial charge in [0.1, 0.15) is 29.3 Å². The number of ether oxygens (including phenoxy) is 3. The molecule has 0 spiro atoms. The molecule has 0 unspecified atom stereocenters. The number of carbonyl (C=O) groups is 4. The summed E-state index contributed by atoms with van der Waals surface area (Å²) in [6, 6.07) is 7.17. The highest BCUT2D eigenvalue weighted by molar-refractivity contribution is 7.91.